The van der Waals surface area contributed by atoms with Crippen molar-refractivity contribution in [3.05, 3.63) is 64.0 Å². The minimum atomic E-state index is -3.65. The van der Waals surface area contributed by atoms with Crippen LogP contribution in [0.4, 0.5) is 0 Å². The first-order valence-electron chi connectivity index (χ1n) is 7.85. The Labute approximate surface area is 142 Å². The molecule has 24 heavy (non-hydrogen) atoms. The first-order chi connectivity index (χ1) is 11.3. The fourth-order valence-corrected chi connectivity index (χ4v) is 4.07. The van der Waals surface area contributed by atoms with Crippen LogP contribution in [0.25, 0.3) is 6.08 Å². The highest BCUT2D eigenvalue weighted by Crippen LogP contribution is 2.27. The molecule has 1 aliphatic carbocycles. The highest BCUT2D eigenvalue weighted by atomic mass is 32.2. The molecule has 0 saturated carbocycles. The molecule has 3 rings (SSSR count). The van der Waals surface area contributed by atoms with Crippen molar-refractivity contribution >= 4 is 16.1 Å². The number of aliphatic hydroxyl groups is 1. The molecular formula is C18H21NO4S. The van der Waals surface area contributed by atoms with Crippen molar-refractivity contribution in [3.63, 3.8) is 0 Å². The first kappa shape index (κ1) is 17.0. The maximum absolute atomic E-state index is 12.6. The average molecular weight is 347 g/mol. The Bertz CT molecular complexity index is 878. The quantitative estimate of drug-likeness (QED) is 0.871. The van der Waals surface area contributed by atoms with E-state index in [1.54, 1.807) is 25.1 Å². The summed E-state index contributed by atoms with van der Waals surface area (Å²) in [6.07, 6.45) is 2.85. The van der Waals surface area contributed by atoms with Gasteiger partial charge < -0.3 is 9.52 Å². The van der Waals surface area contributed by atoms with E-state index in [1.807, 2.05) is 24.3 Å². The van der Waals surface area contributed by atoms with Crippen LogP contribution in [-0.2, 0) is 22.0 Å². The molecule has 0 spiro atoms. The summed E-state index contributed by atoms with van der Waals surface area (Å²) in [6.45, 7) is 3.15. The molecule has 5 nitrogen and oxygen atoms in total. The number of benzene rings is 1. The molecule has 0 radical (unpaired) electrons. The van der Waals surface area contributed by atoms with Gasteiger partial charge in [-0.25, -0.2) is 13.1 Å². The van der Waals surface area contributed by atoms with Gasteiger partial charge in [0.2, 0.25) is 10.0 Å². The van der Waals surface area contributed by atoms with Crippen LogP contribution in [0, 0.1) is 6.92 Å². The molecule has 1 unspecified atom stereocenters. The van der Waals surface area contributed by atoms with Crippen molar-refractivity contribution in [1.29, 1.82) is 0 Å². The van der Waals surface area contributed by atoms with Crippen LogP contribution in [0.5, 0.6) is 0 Å². The molecule has 0 fully saturated rings. The normalized spacial score (nSPS) is 17.0. The second-order valence-corrected chi connectivity index (χ2v) is 8.14. The third kappa shape index (κ3) is 3.45. The van der Waals surface area contributed by atoms with Crippen molar-refractivity contribution in [3.8, 4) is 0 Å². The van der Waals surface area contributed by atoms with Gasteiger partial charge >= 0.3 is 0 Å². The Balaban J connectivity index is 1.76. The molecule has 6 heteroatoms. The van der Waals surface area contributed by atoms with Crippen molar-refractivity contribution in [2.24, 2.45) is 0 Å². The van der Waals surface area contributed by atoms with Gasteiger partial charge in [-0.05, 0) is 56.0 Å². The lowest BCUT2D eigenvalue weighted by atomic mass is 9.98. The summed E-state index contributed by atoms with van der Waals surface area (Å²) in [5, 5.41) is 10.5. The summed E-state index contributed by atoms with van der Waals surface area (Å²) in [4.78, 5) is 0.340. The van der Waals surface area contributed by atoms with Gasteiger partial charge in [0.15, 0.2) is 0 Å². The van der Waals surface area contributed by atoms with Crippen molar-refractivity contribution < 1.29 is 17.9 Å². The van der Waals surface area contributed by atoms with E-state index in [0.717, 1.165) is 11.1 Å². The largest absolute Gasteiger partial charge is 0.463 e. The van der Waals surface area contributed by atoms with Crippen LogP contribution in [0.15, 0.2) is 45.7 Å². The lowest BCUT2D eigenvalue weighted by molar-refractivity contribution is 0.0388. The third-order valence-electron chi connectivity index (χ3n) is 4.24. The van der Waals surface area contributed by atoms with Crippen LogP contribution in [0.2, 0.25) is 0 Å². The lowest BCUT2D eigenvalue weighted by Gasteiger charge is -2.23. The van der Waals surface area contributed by atoms with Gasteiger partial charge in [-0.15, -0.1) is 0 Å². The Morgan fingerprint density at radius 3 is 2.67 bits per heavy atom. The molecule has 2 N–H and O–H groups in total. The van der Waals surface area contributed by atoms with Crippen molar-refractivity contribution in [2.45, 2.75) is 32.3 Å². The van der Waals surface area contributed by atoms with E-state index in [0.29, 0.717) is 29.3 Å². The molecule has 2 aromatic rings. The fraction of sp³-hybridized carbons (Fsp3) is 0.333. The van der Waals surface area contributed by atoms with Crippen LogP contribution >= 0.6 is 0 Å². The van der Waals surface area contributed by atoms with E-state index in [-0.39, 0.29) is 6.54 Å². The second kappa shape index (κ2) is 6.20. The number of hydrogen-bond acceptors (Lipinski definition) is 4. The van der Waals surface area contributed by atoms with Gasteiger partial charge in [-0.1, -0.05) is 24.3 Å². The molecule has 0 aliphatic heterocycles. The van der Waals surface area contributed by atoms with E-state index in [9.17, 15) is 13.5 Å². The van der Waals surface area contributed by atoms with Crippen molar-refractivity contribution in [2.75, 3.05) is 6.54 Å². The topological polar surface area (TPSA) is 79.5 Å². The number of sulfonamides is 1. The van der Waals surface area contributed by atoms with Gasteiger partial charge in [0.1, 0.15) is 17.1 Å². The van der Waals surface area contributed by atoms with Gasteiger partial charge in [0.25, 0.3) is 0 Å². The smallest absolute Gasteiger partial charge is 0.236 e. The van der Waals surface area contributed by atoms with E-state index in [4.69, 9.17) is 4.42 Å². The van der Waals surface area contributed by atoms with E-state index < -0.39 is 15.6 Å². The number of nitrogens with one attached hydrogen (secondary N) is 1. The standard InChI is InChI=1S/C18H21NO4S/c1-13-7-10-17(23-13)18(2,20)12-19-24(21,22)16-9-8-14-5-3-4-6-15(14)11-16/h3-7,10-11,19-20H,8-9,12H2,1-2H3. The predicted octanol–water partition coefficient (Wildman–Crippen LogP) is 2.70. The summed E-state index contributed by atoms with van der Waals surface area (Å²) in [5.41, 5.74) is 0.668. The molecule has 1 heterocycles. The molecule has 0 amide bonds. The summed E-state index contributed by atoms with van der Waals surface area (Å²) in [6, 6.07) is 11.1. The molecule has 128 valence electrons. The minimum absolute atomic E-state index is 0.152. The summed E-state index contributed by atoms with van der Waals surface area (Å²) >= 11 is 0. The molecule has 1 atom stereocenters. The SMILES string of the molecule is Cc1ccc(C(C)(O)CNS(=O)(=O)C2=Cc3ccccc3CC2)o1. The Morgan fingerprint density at radius 1 is 1.21 bits per heavy atom. The van der Waals surface area contributed by atoms with Crippen molar-refractivity contribution in [1.82, 2.24) is 4.72 Å². The zero-order chi connectivity index (χ0) is 17.4. The van der Waals surface area contributed by atoms with E-state index in [1.165, 1.54) is 6.92 Å². The van der Waals surface area contributed by atoms with Gasteiger partial charge in [0.05, 0.1) is 4.91 Å². The van der Waals surface area contributed by atoms with Crippen LogP contribution in [0.3, 0.4) is 0 Å². The van der Waals surface area contributed by atoms with Gasteiger partial charge in [-0.3, -0.25) is 0 Å². The van der Waals surface area contributed by atoms with E-state index >= 15 is 0 Å². The predicted molar refractivity (Wildman–Crippen MR) is 92.7 cm³/mol. The first-order valence-corrected chi connectivity index (χ1v) is 9.34. The zero-order valence-electron chi connectivity index (χ0n) is 13.7. The van der Waals surface area contributed by atoms with E-state index in [2.05, 4.69) is 4.72 Å². The average Bonchev–Trinajstić information content (AvgIpc) is 3.00. The Hall–Kier alpha value is -1.89. The maximum Gasteiger partial charge on any atom is 0.236 e. The molecule has 1 aliphatic rings. The number of aryl methyl sites for hydroxylation is 2. The van der Waals surface area contributed by atoms with Crippen LogP contribution in [0.1, 0.15) is 36.0 Å². The summed E-state index contributed by atoms with van der Waals surface area (Å²) in [5.74, 6) is 1.00. The zero-order valence-corrected chi connectivity index (χ0v) is 14.6. The molecular weight excluding hydrogens is 326 g/mol. The highest BCUT2D eigenvalue weighted by Gasteiger charge is 2.30. The third-order valence-corrected chi connectivity index (χ3v) is 5.77. The second-order valence-electron chi connectivity index (χ2n) is 6.32. The fourth-order valence-electron chi connectivity index (χ4n) is 2.76. The molecule has 1 aromatic heterocycles. The highest BCUT2D eigenvalue weighted by molar-refractivity contribution is 7.93. The number of fused-ring (bicyclic) bond motifs is 1. The summed E-state index contributed by atoms with van der Waals surface area (Å²) in [7, 11) is -3.65. The number of furan rings is 1. The summed E-state index contributed by atoms with van der Waals surface area (Å²) < 4.78 is 33.0. The Morgan fingerprint density at radius 2 is 1.96 bits per heavy atom. The molecule has 1 aromatic carbocycles. The maximum atomic E-state index is 12.6. The number of rotatable bonds is 5. The number of allylic oxidation sites excluding steroid dienone is 1. The number of hydrogen-bond donors (Lipinski definition) is 2. The van der Waals surface area contributed by atoms with Crippen LogP contribution < -0.4 is 4.72 Å². The molecule has 0 bridgehead atoms. The van der Waals surface area contributed by atoms with Gasteiger partial charge in [0, 0.05) is 6.54 Å². The monoisotopic (exact) mass is 347 g/mol. The van der Waals surface area contributed by atoms with Gasteiger partial charge in [-0.2, -0.15) is 0 Å². The molecule has 0 saturated heterocycles. The lowest BCUT2D eigenvalue weighted by Crippen LogP contribution is -2.39. The van der Waals surface area contributed by atoms with Crippen LogP contribution in [-0.4, -0.2) is 20.1 Å². The minimum Gasteiger partial charge on any atom is -0.463 e. The Kier molecular flexibility index (Phi) is 4.38.